The second-order valence-corrected chi connectivity index (χ2v) is 9.41. The molecule has 0 fully saturated rings. The Balaban J connectivity index is 1.90. The van der Waals surface area contributed by atoms with Crippen molar-refractivity contribution in [1.29, 1.82) is 0 Å². The van der Waals surface area contributed by atoms with E-state index in [4.69, 9.17) is 23.2 Å². The van der Waals surface area contributed by atoms with Gasteiger partial charge in [-0.2, -0.15) is 0 Å². The van der Waals surface area contributed by atoms with Crippen molar-refractivity contribution in [3.05, 3.63) is 94.0 Å². The summed E-state index contributed by atoms with van der Waals surface area (Å²) in [5, 5.41) is 1.12. The normalized spacial score (nSPS) is 12.6. The Morgan fingerprint density at radius 1 is 0.931 bits per heavy atom. The first-order valence-corrected chi connectivity index (χ1v) is 11.3. The molecule has 0 aliphatic heterocycles. The van der Waals surface area contributed by atoms with Gasteiger partial charge in [-0.15, -0.1) is 0 Å². The summed E-state index contributed by atoms with van der Waals surface area (Å²) in [6, 6.07) is 21.3. The van der Waals surface area contributed by atoms with Crippen molar-refractivity contribution < 1.29 is 8.42 Å². The third-order valence-corrected chi connectivity index (χ3v) is 6.72. The van der Waals surface area contributed by atoms with Crippen LogP contribution in [0.25, 0.3) is 0 Å². The van der Waals surface area contributed by atoms with Crippen LogP contribution in [0.15, 0.2) is 77.7 Å². The van der Waals surface area contributed by atoms with Gasteiger partial charge >= 0.3 is 0 Å². The fourth-order valence-electron chi connectivity index (χ4n) is 3.17. The molecule has 1 N–H and O–H groups in total. The average molecular weight is 449 g/mol. The predicted octanol–water partition coefficient (Wildman–Crippen LogP) is 5.46. The summed E-state index contributed by atoms with van der Waals surface area (Å²) in [4.78, 5) is 2.22. The van der Waals surface area contributed by atoms with Crippen LogP contribution in [0.1, 0.15) is 17.2 Å². The smallest absolute Gasteiger partial charge is 0.240 e. The number of nitrogens with one attached hydrogen (secondary N) is 1. The fourth-order valence-corrected chi connectivity index (χ4v) is 4.50. The van der Waals surface area contributed by atoms with Crippen LogP contribution in [-0.4, -0.2) is 22.0 Å². The molecule has 0 amide bonds. The highest BCUT2D eigenvalue weighted by Crippen LogP contribution is 2.30. The lowest BCUT2D eigenvalue weighted by Crippen LogP contribution is -2.36. The third-order valence-electron chi connectivity index (χ3n) is 4.79. The Labute approximate surface area is 182 Å². The van der Waals surface area contributed by atoms with E-state index in [0.29, 0.717) is 10.0 Å². The lowest BCUT2D eigenvalue weighted by Gasteiger charge is -2.32. The zero-order chi connectivity index (χ0) is 21.0. The molecule has 3 aromatic rings. The van der Waals surface area contributed by atoms with Gasteiger partial charge in [-0.25, -0.2) is 13.1 Å². The molecule has 0 heterocycles. The SMILES string of the molecule is Cc1ccc(Cl)cc1N(C)[C@H](CNS(=O)(=O)c1ccc(Cl)cc1)c1ccccc1. The Kier molecular flexibility index (Phi) is 6.85. The summed E-state index contributed by atoms with van der Waals surface area (Å²) in [5.74, 6) is 0. The first-order valence-electron chi connectivity index (χ1n) is 9.07. The van der Waals surface area contributed by atoms with Crippen LogP contribution in [0.3, 0.4) is 0 Å². The van der Waals surface area contributed by atoms with Gasteiger partial charge in [-0.05, 0) is 54.4 Å². The number of sulfonamides is 1. The van der Waals surface area contributed by atoms with Gasteiger partial charge in [0.15, 0.2) is 0 Å². The van der Waals surface area contributed by atoms with Gasteiger partial charge in [0.05, 0.1) is 10.9 Å². The van der Waals surface area contributed by atoms with E-state index in [2.05, 4.69) is 4.72 Å². The molecular formula is C22H22Cl2N2O2S. The summed E-state index contributed by atoms with van der Waals surface area (Å²) >= 11 is 12.1. The van der Waals surface area contributed by atoms with E-state index >= 15 is 0 Å². The number of anilines is 1. The Hall–Kier alpha value is -2.05. The molecule has 3 rings (SSSR count). The molecule has 0 aliphatic rings. The van der Waals surface area contributed by atoms with E-state index in [-0.39, 0.29) is 17.5 Å². The van der Waals surface area contributed by atoms with Crippen molar-refractivity contribution in [2.24, 2.45) is 0 Å². The van der Waals surface area contributed by atoms with E-state index in [1.807, 2.05) is 67.4 Å². The Morgan fingerprint density at radius 2 is 1.55 bits per heavy atom. The van der Waals surface area contributed by atoms with E-state index < -0.39 is 10.0 Å². The maximum absolute atomic E-state index is 12.8. The van der Waals surface area contributed by atoms with Crippen LogP contribution in [0.5, 0.6) is 0 Å². The van der Waals surface area contributed by atoms with Gasteiger partial charge in [0.1, 0.15) is 0 Å². The largest absolute Gasteiger partial charge is 0.366 e. The molecule has 0 saturated carbocycles. The number of hydrogen-bond donors (Lipinski definition) is 1. The van der Waals surface area contributed by atoms with E-state index in [1.54, 1.807) is 12.1 Å². The summed E-state index contributed by atoms with van der Waals surface area (Å²) < 4.78 is 28.3. The third kappa shape index (κ3) is 5.31. The van der Waals surface area contributed by atoms with Crippen molar-refractivity contribution in [2.75, 3.05) is 18.5 Å². The zero-order valence-corrected chi connectivity index (χ0v) is 18.5. The van der Waals surface area contributed by atoms with Crippen molar-refractivity contribution in [3.63, 3.8) is 0 Å². The van der Waals surface area contributed by atoms with E-state index in [1.165, 1.54) is 12.1 Å². The van der Waals surface area contributed by atoms with Gasteiger partial charge in [-0.1, -0.05) is 59.6 Å². The fraction of sp³-hybridized carbons (Fsp3) is 0.182. The average Bonchev–Trinajstić information content (AvgIpc) is 2.71. The second kappa shape index (κ2) is 9.18. The van der Waals surface area contributed by atoms with Crippen molar-refractivity contribution in [1.82, 2.24) is 4.72 Å². The zero-order valence-electron chi connectivity index (χ0n) is 16.1. The number of nitrogens with zero attached hydrogens (tertiary/aromatic N) is 1. The summed E-state index contributed by atoms with van der Waals surface area (Å²) in [6.07, 6.45) is 0. The Morgan fingerprint density at radius 3 is 2.21 bits per heavy atom. The molecule has 0 radical (unpaired) electrons. The number of likely N-dealkylation sites (N-methyl/N-ethyl adjacent to an activating group) is 1. The monoisotopic (exact) mass is 448 g/mol. The van der Waals surface area contributed by atoms with Crippen molar-refractivity contribution in [3.8, 4) is 0 Å². The van der Waals surface area contributed by atoms with Gasteiger partial charge in [-0.3, -0.25) is 0 Å². The summed E-state index contributed by atoms with van der Waals surface area (Å²) in [5.41, 5.74) is 2.99. The van der Waals surface area contributed by atoms with Crippen LogP contribution in [-0.2, 0) is 10.0 Å². The first kappa shape index (κ1) is 21.7. The molecule has 7 heteroatoms. The standard InChI is InChI=1S/C22H22Cl2N2O2S/c1-16-8-9-19(24)14-21(16)26(2)22(17-6-4-3-5-7-17)15-25-29(27,28)20-12-10-18(23)11-13-20/h3-14,22,25H,15H2,1-2H3/t22-/m1/s1. The van der Waals surface area contributed by atoms with Crippen LogP contribution in [0.4, 0.5) is 5.69 Å². The molecule has 0 aliphatic carbocycles. The van der Waals surface area contributed by atoms with Crippen LogP contribution >= 0.6 is 23.2 Å². The molecule has 0 spiro atoms. The minimum Gasteiger partial charge on any atom is -0.366 e. The summed E-state index contributed by atoms with van der Waals surface area (Å²) in [6.45, 7) is 2.19. The minimum absolute atomic E-state index is 0.176. The molecule has 0 unspecified atom stereocenters. The molecule has 1 atom stereocenters. The van der Waals surface area contributed by atoms with Gasteiger partial charge in [0.2, 0.25) is 10.0 Å². The van der Waals surface area contributed by atoms with Gasteiger partial charge in [0, 0.05) is 29.3 Å². The maximum atomic E-state index is 12.8. The highest BCUT2D eigenvalue weighted by Gasteiger charge is 2.22. The molecule has 0 aromatic heterocycles. The Bertz CT molecular complexity index is 1070. The predicted molar refractivity (Wildman–Crippen MR) is 120 cm³/mol. The number of halogens is 2. The quantitative estimate of drug-likeness (QED) is 0.521. The summed E-state index contributed by atoms with van der Waals surface area (Å²) in [7, 11) is -1.74. The van der Waals surface area contributed by atoms with Crippen molar-refractivity contribution in [2.45, 2.75) is 17.9 Å². The molecular weight excluding hydrogens is 427 g/mol. The molecule has 152 valence electrons. The highest BCUT2D eigenvalue weighted by atomic mass is 35.5. The lowest BCUT2D eigenvalue weighted by molar-refractivity contribution is 0.567. The second-order valence-electron chi connectivity index (χ2n) is 6.77. The van der Waals surface area contributed by atoms with Crippen LogP contribution in [0, 0.1) is 6.92 Å². The topological polar surface area (TPSA) is 49.4 Å². The minimum atomic E-state index is -3.68. The van der Waals surface area contributed by atoms with Gasteiger partial charge in [0.25, 0.3) is 0 Å². The molecule has 3 aromatic carbocycles. The number of aryl methyl sites for hydroxylation is 1. The van der Waals surface area contributed by atoms with E-state index in [9.17, 15) is 8.42 Å². The molecule has 0 saturated heterocycles. The first-order chi connectivity index (χ1) is 13.8. The van der Waals surface area contributed by atoms with Crippen LogP contribution in [0.2, 0.25) is 10.0 Å². The molecule has 4 nitrogen and oxygen atoms in total. The lowest BCUT2D eigenvalue weighted by atomic mass is 10.0. The number of rotatable bonds is 7. The highest BCUT2D eigenvalue weighted by molar-refractivity contribution is 7.89. The molecule has 29 heavy (non-hydrogen) atoms. The van der Waals surface area contributed by atoms with Crippen molar-refractivity contribution >= 4 is 38.9 Å². The molecule has 0 bridgehead atoms. The van der Waals surface area contributed by atoms with E-state index in [0.717, 1.165) is 16.8 Å². The maximum Gasteiger partial charge on any atom is 0.240 e. The number of benzene rings is 3. The van der Waals surface area contributed by atoms with Crippen LogP contribution < -0.4 is 9.62 Å². The van der Waals surface area contributed by atoms with Gasteiger partial charge < -0.3 is 4.90 Å². The number of hydrogen-bond acceptors (Lipinski definition) is 3.